The van der Waals surface area contributed by atoms with E-state index in [1.54, 1.807) is 26.8 Å². The molecular formula is C15H23ClO4S. The van der Waals surface area contributed by atoms with Gasteiger partial charge in [0.05, 0.1) is 23.0 Å². The summed E-state index contributed by atoms with van der Waals surface area (Å²) in [5.41, 5.74) is 0.788. The zero-order chi connectivity index (χ0) is 16.1. The molecule has 0 bridgehead atoms. The van der Waals surface area contributed by atoms with Crippen molar-refractivity contribution in [3.63, 3.8) is 0 Å². The lowest BCUT2D eigenvalue weighted by Crippen LogP contribution is -2.32. The number of sulfone groups is 1. The van der Waals surface area contributed by atoms with E-state index in [0.717, 1.165) is 5.56 Å². The van der Waals surface area contributed by atoms with Gasteiger partial charge in [0.15, 0.2) is 21.3 Å². The van der Waals surface area contributed by atoms with Gasteiger partial charge in [-0.2, -0.15) is 0 Å². The van der Waals surface area contributed by atoms with Crippen LogP contribution in [0.5, 0.6) is 11.5 Å². The predicted molar refractivity (Wildman–Crippen MR) is 86.2 cm³/mol. The summed E-state index contributed by atoms with van der Waals surface area (Å²) in [6.45, 7) is 7.50. The van der Waals surface area contributed by atoms with Crippen LogP contribution in [-0.4, -0.2) is 32.1 Å². The molecule has 0 atom stereocenters. The van der Waals surface area contributed by atoms with Crippen LogP contribution < -0.4 is 9.47 Å². The Hall–Kier alpha value is -0.940. The first kappa shape index (κ1) is 18.1. The molecule has 1 aromatic rings. The SMILES string of the molecule is CCOc1cccc(CCl)c1OCCS(=O)(=O)C(C)(C)C. The average molecular weight is 335 g/mol. The Morgan fingerprint density at radius 2 is 1.86 bits per heavy atom. The molecule has 0 aromatic heterocycles. The molecule has 0 radical (unpaired) electrons. The number of halogens is 1. The van der Waals surface area contributed by atoms with E-state index < -0.39 is 14.6 Å². The number of rotatable bonds is 7. The molecule has 21 heavy (non-hydrogen) atoms. The van der Waals surface area contributed by atoms with Gasteiger partial charge in [-0.3, -0.25) is 0 Å². The zero-order valence-electron chi connectivity index (χ0n) is 13.0. The minimum absolute atomic E-state index is 0.0430. The smallest absolute Gasteiger partial charge is 0.165 e. The highest BCUT2D eigenvalue weighted by Gasteiger charge is 2.28. The third-order valence-electron chi connectivity index (χ3n) is 3.04. The first-order chi connectivity index (χ1) is 9.73. The van der Waals surface area contributed by atoms with Crippen LogP contribution in [0.3, 0.4) is 0 Å². The van der Waals surface area contributed by atoms with Crippen molar-refractivity contribution in [1.29, 1.82) is 0 Å². The largest absolute Gasteiger partial charge is 0.490 e. The molecular weight excluding hydrogens is 312 g/mol. The number of ether oxygens (including phenoxy) is 2. The molecule has 0 aliphatic rings. The lowest BCUT2D eigenvalue weighted by molar-refractivity contribution is 0.286. The Morgan fingerprint density at radius 3 is 2.38 bits per heavy atom. The summed E-state index contributed by atoms with van der Waals surface area (Å²) in [5.74, 6) is 1.35. The maximum atomic E-state index is 12.1. The number of hydrogen-bond acceptors (Lipinski definition) is 4. The van der Waals surface area contributed by atoms with Gasteiger partial charge in [-0.15, -0.1) is 11.6 Å². The van der Waals surface area contributed by atoms with Crippen molar-refractivity contribution >= 4 is 21.4 Å². The van der Waals surface area contributed by atoms with Gasteiger partial charge in [-0.1, -0.05) is 12.1 Å². The van der Waals surface area contributed by atoms with E-state index in [-0.39, 0.29) is 18.2 Å². The summed E-state index contributed by atoms with van der Waals surface area (Å²) in [7, 11) is -3.21. The molecule has 0 heterocycles. The van der Waals surface area contributed by atoms with Gasteiger partial charge >= 0.3 is 0 Å². The number of para-hydroxylation sites is 1. The van der Waals surface area contributed by atoms with Gasteiger partial charge < -0.3 is 9.47 Å². The van der Waals surface area contributed by atoms with Crippen LogP contribution in [-0.2, 0) is 15.7 Å². The normalized spacial score (nSPS) is 12.2. The van der Waals surface area contributed by atoms with E-state index in [2.05, 4.69) is 0 Å². The molecule has 4 nitrogen and oxygen atoms in total. The molecule has 0 fully saturated rings. The Balaban J connectivity index is 2.84. The van der Waals surface area contributed by atoms with Crippen molar-refractivity contribution in [3.8, 4) is 11.5 Å². The van der Waals surface area contributed by atoms with Crippen molar-refractivity contribution < 1.29 is 17.9 Å². The van der Waals surface area contributed by atoms with Crippen molar-refractivity contribution in [2.75, 3.05) is 19.0 Å². The van der Waals surface area contributed by atoms with Gasteiger partial charge in [-0.25, -0.2) is 8.42 Å². The first-order valence-corrected chi connectivity index (χ1v) is 9.07. The number of benzene rings is 1. The Kier molecular flexibility index (Phi) is 6.35. The second-order valence-electron chi connectivity index (χ2n) is 5.59. The van der Waals surface area contributed by atoms with Crippen molar-refractivity contribution in [3.05, 3.63) is 23.8 Å². The molecule has 0 unspecified atom stereocenters. The number of alkyl halides is 1. The molecule has 0 saturated carbocycles. The fourth-order valence-corrected chi connectivity index (χ4v) is 2.78. The highest BCUT2D eigenvalue weighted by molar-refractivity contribution is 7.92. The Bertz CT molecular complexity index is 562. The third-order valence-corrected chi connectivity index (χ3v) is 5.89. The third kappa shape index (κ3) is 4.78. The second kappa shape index (κ2) is 7.36. The lowest BCUT2D eigenvalue weighted by atomic mass is 10.2. The molecule has 0 aliphatic carbocycles. The van der Waals surface area contributed by atoms with Crippen molar-refractivity contribution in [1.82, 2.24) is 0 Å². The average Bonchev–Trinajstić information content (AvgIpc) is 2.39. The summed E-state index contributed by atoms with van der Waals surface area (Å²) < 4.78 is 34.5. The van der Waals surface area contributed by atoms with Crippen LogP contribution in [0.15, 0.2) is 18.2 Å². The minimum atomic E-state index is -3.21. The molecule has 0 saturated heterocycles. The van der Waals surface area contributed by atoms with Crippen LogP contribution >= 0.6 is 11.6 Å². The standard InChI is InChI=1S/C15H23ClO4S/c1-5-19-13-8-6-7-12(11-16)14(13)20-9-10-21(17,18)15(2,3)4/h6-8H,5,9-11H2,1-4H3. The van der Waals surface area contributed by atoms with E-state index in [9.17, 15) is 8.42 Å². The topological polar surface area (TPSA) is 52.6 Å². The van der Waals surface area contributed by atoms with E-state index in [1.807, 2.05) is 19.1 Å². The first-order valence-electron chi connectivity index (χ1n) is 6.88. The van der Waals surface area contributed by atoms with Gasteiger partial charge in [0, 0.05) is 5.56 Å². The lowest BCUT2D eigenvalue weighted by Gasteiger charge is -2.20. The summed E-state index contributed by atoms with van der Waals surface area (Å²) in [6, 6.07) is 5.46. The fraction of sp³-hybridized carbons (Fsp3) is 0.600. The van der Waals surface area contributed by atoms with Gasteiger partial charge in [0.2, 0.25) is 0 Å². The fourth-order valence-electron chi connectivity index (χ4n) is 1.66. The van der Waals surface area contributed by atoms with E-state index in [4.69, 9.17) is 21.1 Å². The van der Waals surface area contributed by atoms with Gasteiger partial charge in [-0.05, 0) is 33.8 Å². The molecule has 6 heteroatoms. The molecule has 0 amide bonds. The highest BCUT2D eigenvalue weighted by Crippen LogP contribution is 2.32. The highest BCUT2D eigenvalue weighted by atomic mass is 35.5. The molecule has 0 spiro atoms. The molecule has 120 valence electrons. The summed E-state index contributed by atoms with van der Waals surface area (Å²) in [6.07, 6.45) is 0. The molecule has 0 N–H and O–H groups in total. The van der Waals surface area contributed by atoms with Crippen LogP contribution in [0.1, 0.15) is 33.3 Å². The quantitative estimate of drug-likeness (QED) is 0.717. The van der Waals surface area contributed by atoms with Crippen molar-refractivity contribution in [2.45, 2.75) is 38.3 Å². The summed E-state index contributed by atoms with van der Waals surface area (Å²) in [5, 5.41) is 0. The van der Waals surface area contributed by atoms with Crippen LogP contribution in [0.2, 0.25) is 0 Å². The van der Waals surface area contributed by atoms with E-state index >= 15 is 0 Å². The molecule has 1 rings (SSSR count). The Morgan fingerprint density at radius 1 is 1.19 bits per heavy atom. The molecule has 0 aliphatic heterocycles. The van der Waals surface area contributed by atoms with E-state index in [1.165, 1.54) is 0 Å². The predicted octanol–water partition coefficient (Wildman–Crippen LogP) is 3.42. The Labute approximate surface area is 132 Å². The van der Waals surface area contributed by atoms with Crippen molar-refractivity contribution in [2.24, 2.45) is 0 Å². The maximum Gasteiger partial charge on any atom is 0.165 e. The van der Waals surface area contributed by atoms with Gasteiger partial charge in [0.1, 0.15) is 6.61 Å². The monoisotopic (exact) mass is 334 g/mol. The zero-order valence-corrected chi connectivity index (χ0v) is 14.6. The van der Waals surface area contributed by atoms with Crippen LogP contribution in [0.4, 0.5) is 0 Å². The molecule has 1 aromatic carbocycles. The maximum absolute atomic E-state index is 12.1. The number of hydrogen-bond donors (Lipinski definition) is 0. The van der Waals surface area contributed by atoms with E-state index in [0.29, 0.717) is 18.1 Å². The summed E-state index contributed by atoms with van der Waals surface area (Å²) >= 11 is 5.89. The van der Waals surface area contributed by atoms with Crippen LogP contribution in [0.25, 0.3) is 0 Å². The van der Waals surface area contributed by atoms with Gasteiger partial charge in [0.25, 0.3) is 0 Å². The summed E-state index contributed by atoms with van der Waals surface area (Å²) in [4.78, 5) is 0. The minimum Gasteiger partial charge on any atom is -0.490 e. The van der Waals surface area contributed by atoms with Crippen LogP contribution in [0, 0.1) is 0 Å². The second-order valence-corrected chi connectivity index (χ2v) is 8.72.